The van der Waals surface area contributed by atoms with Crippen LogP contribution >= 0.6 is 0 Å². The number of aryl methyl sites for hydroxylation is 1. The molecule has 0 fully saturated rings. The number of aliphatic hydroxyl groups excluding tert-OH is 1. The van der Waals surface area contributed by atoms with Crippen molar-refractivity contribution >= 4 is 5.91 Å². The number of pyridine rings is 1. The van der Waals surface area contributed by atoms with Crippen LogP contribution < -0.4 is 5.32 Å². The van der Waals surface area contributed by atoms with Gasteiger partial charge < -0.3 is 14.9 Å². The second-order valence-corrected chi connectivity index (χ2v) is 5.50. The van der Waals surface area contributed by atoms with Crippen molar-refractivity contribution in [2.24, 2.45) is 5.92 Å². The normalized spacial score (nSPS) is 13.5. The maximum atomic E-state index is 11.8. The minimum Gasteiger partial charge on any atom is -0.391 e. The van der Waals surface area contributed by atoms with E-state index in [0.29, 0.717) is 18.1 Å². The first-order chi connectivity index (χ1) is 11.1. The molecule has 2 rings (SSSR count). The molecule has 2 N–H and O–H groups in total. The first kappa shape index (κ1) is 17.1. The lowest BCUT2D eigenvalue weighted by atomic mass is 10.0. The Labute approximate surface area is 135 Å². The summed E-state index contributed by atoms with van der Waals surface area (Å²) in [6, 6.07) is 3.58. The van der Waals surface area contributed by atoms with Gasteiger partial charge in [0.2, 0.25) is 17.6 Å². The number of aromatic nitrogens is 3. The zero-order valence-electron chi connectivity index (χ0n) is 13.4. The zero-order chi connectivity index (χ0) is 16.7. The van der Waals surface area contributed by atoms with Crippen LogP contribution in [0, 0.1) is 5.92 Å². The van der Waals surface area contributed by atoms with Crippen molar-refractivity contribution in [2.75, 3.05) is 6.54 Å². The van der Waals surface area contributed by atoms with Gasteiger partial charge in [0.25, 0.3) is 0 Å². The maximum absolute atomic E-state index is 11.8. The van der Waals surface area contributed by atoms with Gasteiger partial charge in [-0.15, -0.1) is 0 Å². The lowest BCUT2D eigenvalue weighted by molar-refractivity contribution is -0.121. The maximum Gasteiger partial charge on any atom is 0.227 e. The molecule has 0 aliphatic heterocycles. The van der Waals surface area contributed by atoms with E-state index in [1.54, 1.807) is 24.5 Å². The van der Waals surface area contributed by atoms with Crippen LogP contribution in [0.2, 0.25) is 0 Å². The van der Waals surface area contributed by atoms with Gasteiger partial charge in [0.15, 0.2) is 0 Å². The number of hydrogen-bond acceptors (Lipinski definition) is 6. The summed E-state index contributed by atoms with van der Waals surface area (Å²) in [4.78, 5) is 20.0. The Morgan fingerprint density at radius 2 is 2.13 bits per heavy atom. The molecule has 0 spiro atoms. The fraction of sp³-hybridized carbons (Fsp3) is 0.500. The topological polar surface area (TPSA) is 101 Å². The van der Waals surface area contributed by atoms with Crippen molar-refractivity contribution in [1.29, 1.82) is 0 Å². The summed E-state index contributed by atoms with van der Waals surface area (Å²) in [5.41, 5.74) is 0.816. The van der Waals surface area contributed by atoms with Gasteiger partial charge in [-0.05, 0) is 18.1 Å². The molecule has 1 amide bonds. The van der Waals surface area contributed by atoms with Crippen LogP contribution in [-0.2, 0) is 11.2 Å². The van der Waals surface area contributed by atoms with E-state index in [9.17, 15) is 9.90 Å². The summed E-state index contributed by atoms with van der Waals surface area (Å²) in [5, 5.41) is 16.4. The van der Waals surface area contributed by atoms with Gasteiger partial charge in [-0.2, -0.15) is 4.98 Å². The third kappa shape index (κ3) is 5.14. The van der Waals surface area contributed by atoms with E-state index in [0.717, 1.165) is 12.0 Å². The van der Waals surface area contributed by atoms with E-state index >= 15 is 0 Å². The second kappa shape index (κ2) is 8.38. The number of carbonyl (C=O) groups excluding carboxylic acids is 1. The molecule has 0 radical (unpaired) electrons. The van der Waals surface area contributed by atoms with E-state index < -0.39 is 6.10 Å². The number of nitrogens with one attached hydrogen (secondary N) is 1. The molecule has 7 heteroatoms. The summed E-state index contributed by atoms with van der Waals surface area (Å²) in [5.74, 6) is 0.912. The summed E-state index contributed by atoms with van der Waals surface area (Å²) in [6.07, 6.45) is 4.26. The van der Waals surface area contributed by atoms with Crippen molar-refractivity contribution in [3.05, 3.63) is 30.4 Å². The Balaban J connectivity index is 1.78. The minimum absolute atomic E-state index is 0.143. The Kier molecular flexibility index (Phi) is 6.22. The molecule has 124 valence electrons. The predicted octanol–water partition coefficient (Wildman–Crippen LogP) is 1.59. The van der Waals surface area contributed by atoms with E-state index in [1.165, 1.54) is 0 Å². The molecule has 0 bridgehead atoms. The quantitative estimate of drug-likeness (QED) is 0.766. The van der Waals surface area contributed by atoms with E-state index in [4.69, 9.17) is 4.52 Å². The van der Waals surface area contributed by atoms with Gasteiger partial charge >= 0.3 is 0 Å². The van der Waals surface area contributed by atoms with Gasteiger partial charge in [-0.1, -0.05) is 25.4 Å². The van der Waals surface area contributed by atoms with Gasteiger partial charge in [-0.25, -0.2) is 0 Å². The smallest absolute Gasteiger partial charge is 0.227 e. The molecule has 2 aromatic heterocycles. The molecule has 7 nitrogen and oxygen atoms in total. The molecule has 2 aromatic rings. The monoisotopic (exact) mass is 318 g/mol. The molecule has 0 aliphatic rings. The molecular weight excluding hydrogens is 296 g/mol. The Morgan fingerprint density at radius 3 is 2.83 bits per heavy atom. The number of rotatable bonds is 8. The summed E-state index contributed by atoms with van der Waals surface area (Å²) in [7, 11) is 0. The molecule has 2 unspecified atom stereocenters. The number of nitrogens with zero attached hydrogens (tertiary/aromatic N) is 3. The third-order valence-corrected chi connectivity index (χ3v) is 3.78. The second-order valence-electron chi connectivity index (χ2n) is 5.50. The Hall–Kier alpha value is -2.28. The van der Waals surface area contributed by atoms with Crippen molar-refractivity contribution in [3.8, 4) is 11.4 Å². The molecule has 0 aliphatic carbocycles. The molecule has 2 heterocycles. The highest BCUT2D eigenvalue weighted by Gasteiger charge is 2.14. The third-order valence-electron chi connectivity index (χ3n) is 3.78. The number of carbonyl (C=O) groups is 1. The minimum atomic E-state index is -0.523. The van der Waals surface area contributed by atoms with Gasteiger partial charge in [-0.3, -0.25) is 9.78 Å². The molecule has 2 atom stereocenters. The average molecular weight is 318 g/mol. The van der Waals surface area contributed by atoms with Crippen LogP contribution in [0.25, 0.3) is 11.4 Å². The van der Waals surface area contributed by atoms with Crippen molar-refractivity contribution < 1.29 is 14.4 Å². The fourth-order valence-corrected chi connectivity index (χ4v) is 1.98. The highest BCUT2D eigenvalue weighted by atomic mass is 16.5. The standard InChI is InChI=1S/C16H22N4O3/c1-3-11(2)13(21)10-18-14(22)4-5-15-19-16(20-23-15)12-6-8-17-9-7-12/h6-9,11,13,21H,3-5,10H2,1-2H3,(H,18,22). The number of amides is 1. The number of hydrogen-bond donors (Lipinski definition) is 2. The van der Waals surface area contributed by atoms with Gasteiger partial charge in [0.05, 0.1) is 6.10 Å². The molecule has 0 aromatic carbocycles. The fourth-order valence-electron chi connectivity index (χ4n) is 1.98. The van der Waals surface area contributed by atoms with Gasteiger partial charge in [0, 0.05) is 37.3 Å². The first-order valence-corrected chi connectivity index (χ1v) is 7.78. The van der Waals surface area contributed by atoms with Crippen LogP contribution in [0.5, 0.6) is 0 Å². The largest absolute Gasteiger partial charge is 0.391 e. The van der Waals surface area contributed by atoms with Crippen molar-refractivity contribution in [3.63, 3.8) is 0 Å². The number of aliphatic hydroxyl groups is 1. The summed E-state index contributed by atoms with van der Waals surface area (Å²) < 4.78 is 5.14. The first-order valence-electron chi connectivity index (χ1n) is 7.78. The Morgan fingerprint density at radius 1 is 1.39 bits per heavy atom. The molecular formula is C16H22N4O3. The SMILES string of the molecule is CCC(C)C(O)CNC(=O)CCc1nc(-c2ccncc2)no1. The zero-order valence-corrected chi connectivity index (χ0v) is 13.4. The lowest BCUT2D eigenvalue weighted by Crippen LogP contribution is -2.35. The average Bonchev–Trinajstić information content (AvgIpc) is 3.06. The van der Waals surface area contributed by atoms with E-state index in [2.05, 4.69) is 20.4 Å². The van der Waals surface area contributed by atoms with Crippen molar-refractivity contribution in [1.82, 2.24) is 20.4 Å². The molecule has 23 heavy (non-hydrogen) atoms. The summed E-state index contributed by atoms with van der Waals surface area (Å²) >= 11 is 0. The predicted molar refractivity (Wildman–Crippen MR) is 84.3 cm³/mol. The highest BCUT2D eigenvalue weighted by Crippen LogP contribution is 2.14. The van der Waals surface area contributed by atoms with E-state index in [1.807, 2.05) is 13.8 Å². The van der Waals surface area contributed by atoms with Crippen LogP contribution in [0.1, 0.15) is 32.6 Å². The highest BCUT2D eigenvalue weighted by molar-refractivity contribution is 5.76. The van der Waals surface area contributed by atoms with Crippen molar-refractivity contribution in [2.45, 2.75) is 39.2 Å². The van der Waals surface area contributed by atoms with E-state index in [-0.39, 0.29) is 24.8 Å². The van der Waals surface area contributed by atoms with Gasteiger partial charge in [0.1, 0.15) is 0 Å². The molecule has 0 saturated heterocycles. The Bertz CT molecular complexity index is 615. The van der Waals surface area contributed by atoms with Crippen LogP contribution in [0.4, 0.5) is 0 Å². The van der Waals surface area contributed by atoms with Crippen LogP contribution in [0.15, 0.2) is 29.0 Å². The van der Waals surface area contributed by atoms with Crippen LogP contribution in [0.3, 0.4) is 0 Å². The van der Waals surface area contributed by atoms with Crippen LogP contribution in [-0.4, -0.2) is 38.8 Å². The molecule has 0 saturated carbocycles. The summed E-state index contributed by atoms with van der Waals surface area (Å²) in [6.45, 7) is 4.22. The lowest BCUT2D eigenvalue weighted by Gasteiger charge is -2.17.